The maximum atomic E-state index is 10.7. The monoisotopic (exact) mass is 287 g/mol. The Labute approximate surface area is 129 Å². The number of hydrogen-bond donors (Lipinski definition) is 2. The Morgan fingerprint density at radius 1 is 0.864 bits per heavy atom. The van der Waals surface area contributed by atoms with Crippen LogP contribution in [0.2, 0.25) is 0 Å². The average molecular weight is 287 g/mol. The molecule has 0 fully saturated rings. The number of aliphatic hydroxyl groups is 1. The summed E-state index contributed by atoms with van der Waals surface area (Å²) in [5.74, 6) is 0. The van der Waals surface area contributed by atoms with Crippen molar-refractivity contribution in [3.63, 3.8) is 0 Å². The number of benzene rings is 3. The predicted octanol–water partition coefficient (Wildman–Crippen LogP) is 4.31. The summed E-state index contributed by atoms with van der Waals surface area (Å²) >= 11 is 0. The fourth-order valence-corrected chi connectivity index (χ4v) is 3.37. The Hall–Kier alpha value is -2.58. The molecule has 0 saturated heterocycles. The molecule has 1 atom stereocenters. The van der Waals surface area contributed by atoms with Crippen molar-refractivity contribution in [3.05, 3.63) is 77.4 Å². The first-order valence-electron chi connectivity index (χ1n) is 7.43. The van der Waals surface area contributed by atoms with Gasteiger partial charge in [-0.05, 0) is 29.2 Å². The maximum Gasteiger partial charge on any atom is 0.107 e. The molecule has 0 heterocycles. The number of nitrogen functional groups attached to an aromatic ring is 1. The molecule has 3 aromatic carbocycles. The zero-order valence-corrected chi connectivity index (χ0v) is 12.4. The number of nitrogens with two attached hydrogens (primary N) is 1. The first-order valence-corrected chi connectivity index (χ1v) is 7.43. The highest BCUT2D eigenvalue weighted by molar-refractivity contribution is 5.90. The Kier molecular flexibility index (Phi) is 2.81. The van der Waals surface area contributed by atoms with Crippen LogP contribution in [-0.2, 0) is 0 Å². The van der Waals surface area contributed by atoms with Crippen molar-refractivity contribution < 1.29 is 5.11 Å². The molecule has 0 saturated carbocycles. The molecule has 1 aliphatic carbocycles. The summed E-state index contributed by atoms with van der Waals surface area (Å²) in [6, 6.07) is 20.3. The lowest BCUT2D eigenvalue weighted by atomic mass is 9.95. The Bertz CT molecular complexity index is 883. The highest BCUT2D eigenvalue weighted by Gasteiger charge is 2.29. The second-order valence-electron chi connectivity index (χ2n) is 5.85. The largest absolute Gasteiger partial charge is 0.398 e. The minimum atomic E-state index is -0.643. The van der Waals surface area contributed by atoms with Crippen LogP contribution in [0.3, 0.4) is 0 Å². The third kappa shape index (κ3) is 1.78. The molecule has 0 bridgehead atoms. The Morgan fingerprint density at radius 3 is 2.45 bits per heavy atom. The number of rotatable bonds is 1. The maximum absolute atomic E-state index is 10.7. The molecular weight excluding hydrogens is 270 g/mol. The fraction of sp³-hybridized carbons (Fsp3) is 0.100. The van der Waals surface area contributed by atoms with E-state index in [0.29, 0.717) is 5.69 Å². The zero-order chi connectivity index (χ0) is 15.3. The SMILES string of the molecule is Cc1cccc(-c2ccc3c(c2N)C(O)c2ccccc2-3)c1. The summed E-state index contributed by atoms with van der Waals surface area (Å²) in [6.07, 6.45) is -0.643. The molecule has 3 aromatic rings. The van der Waals surface area contributed by atoms with Gasteiger partial charge in [0.25, 0.3) is 0 Å². The van der Waals surface area contributed by atoms with Gasteiger partial charge in [0.1, 0.15) is 6.10 Å². The van der Waals surface area contributed by atoms with Crippen LogP contribution < -0.4 is 5.73 Å². The quantitative estimate of drug-likeness (QED) is 0.655. The number of fused-ring (bicyclic) bond motifs is 3. The molecule has 1 aliphatic rings. The molecule has 2 heteroatoms. The summed E-state index contributed by atoms with van der Waals surface area (Å²) in [5, 5.41) is 10.7. The molecule has 1 unspecified atom stereocenters. The highest BCUT2D eigenvalue weighted by Crippen LogP contribution is 2.48. The predicted molar refractivity (Wildman–Crippen MR) is 90.5 cm³/mol. The Morgan fingerprint density at radius 2 is 1.64 bits per heavy atom. The van der Waals surface area contributed by atoms with Crippen molar-refractivity contribution in [2.75, 3.05) is 5.73 Å². The summed E-state index contributed by atoms with van der Waals surface area (Å²) in [4.78, 5) is 0. The molecule has 108 valence electrons. The van der Waals surface area contributed by atoms with Crippen molar-refractivity contribution in [1.82, 2.24) is 0 Å². The van der Waals surface area contributed by atoms with Crippen LogP contribution in [0.15, 0.2) is 60.7 Å². The minimum Gasteiger partial charge on any atom is -0.398 e. The normalized spacial score (nSPS) is 15.5. The van der Waals surface area contributed by atoms with E-state index >= 15 is 0 Å². The summed E-state index contributed by atoms with van der Waals surface area (Å²) in [6.45, 7) is 2.07. The molecule has 2 nitrogen and oxygen atoms in total. The van der Waals surface area contributed by atoms with E-state index in [4.69, 9.17) is 5.73 Å². The topological polar surface area (TPSA) is 46.2 Å². The molecule has 0 spiro atoms. The van der Waals surface area contributed by atoms with Crippen molar-refractivity contribution in [1.29, 1.82) is 0 Å². The van der Waals surface area contributed by atoms with E-state index < -0.39 is 6.10 Å². The Balaban J connectivity index is 1.95. The zero-order valence-electron chi connectivity index (χ0n) is 12.4. The van der Waals surface area contributed by atoms with Crippen LogP contribution in [0.5, 0.6) is 0 Å². The van der Waals surface area contributed by atoms with E-state index in [9.17, 15) is 5.11 Å². The van der Waals surface area contributed by atoms with Crippen LogP contribution in [0, 0.1) is 6.92 Å². The lowest BCUT2D eigenvalue weighted by Gasteiger charge is -2.14. The number of aryl methyl sites for hydroxylation is 1. The van der Waals surface area contributed by atoms with Crippen LogP contribution in [0.4, 0.5) is 5.69 Å². The van der Waals surface area contributed by atoms with Gasteiger partial charge >= 0.3 is 0 Å². The van der Waals surface area contributed by atoms with Crippen molar-refractivity contribution in [2.24, 2.45) is 0 Å². The first kappa shape index (κ1) is 13.1. The van der Waals surface area contributed by atoms with E-state index in [2.05, 4.69) is 37.3 Å². The van der Waals surface area contributed by atoms with Gasteiger partial charge in [0, 0.05) is 16.8 Å². The number of anilines is 1. The lowest BCUT2D eigenvalue weighted by molar-refractivity contribution is 0.226. The van der Waals surface area contributed by atoms with Gasteiger partial charge in [-0.25, -0.2) is 0 Å². The lowest BCUT2D eigenvalue weighted by Crippen LogP contribution is -2.01. The molecule has 0 aliphatic heterocycles. The third-order valence-corrected chi connectivity index (χ3v) is 4.44. The molecule has 0 amide bonds. The van der Waals surface area contributed by atoms with E-state index in [1.54, 1.807) is 0 Å². The average Bonchev–Trinajstić information content (AvgIpc) is 2.82. The molecule has 22 heavy (non-hydrogen) atoms. The third-order valence-electron chi connectivity index (χ3n) is 4.44. The fourth-order valence-electron chi connectivity index (χ4n) is 3.37. The van der Waals surface area contributed by atoms with Gasteiger partial charge in [0.05, 0.1) is 0 Å². The first-order chi connectivity index (χ1) is 10.7. The van der Waals surface area contributed by atoms with Gasteiger partial charge in [0.15, 0.2) is 0 Å². The van der Waals surface area contributed by atoms with Crippen LogP contribution in [-0.4, -0.2) is 5.11 Å². The second-order valence-corrected chi connectivity index (χ2v) is 5.85. The van der Waals surface area contributed by atoms with Crippen molar-refractivity contribution in [3.8, 4) is 22.3 Å². The van der Waals surface area contributed by atoms with Gasteiger partial charge in [-0.1, -0.05) is 66.2 Å². The molecule has 3 N–H and O–H groups in total. The summed E-state index contributed by atoms with van der Waals surface area (Å²) < 4.78 is 0. The van der Waals surface area contributed by atoms with Gasteiger partial charge in [-0.3, -0.25) is 0 Å². The van der Waals surface area contributed by atoms with E-state index in [1.807, 2.05) is 30.3 Å². The van der Waals surface area contributed by atoms with Gasteiger partial charge in [-0.15, -0.1) is 0 Å². The number of hydrogen-bond acceptors (Lipinski definition) is 2. The van der Waals surface area contributed by atoms with Crippen LogP contribution >= 0.6 is 0 Å². The summed E-state index contributed by atoms with van der Waals surface area (Å²) in [7, 11) is 0. The van der Waals surface area contributed by atoms with Gasteiger partial charge < -0.3 is 10.8 Å². The van der Waals surface area contributed by atoms with E-state index in [-0.39, 0.29) is 0 Å². The smallest absolute Gasteiger partial charge is 0.107 e. The van der Waals surface area contributed by atoms with E-state index in [1.165, 1.54) is 5.56 Å². The van der Waals surface area contributed by atoms with Gasteiger partial charge in [0.2, 0.25) is 0 Å². The minimum absolute atomic E-state index is 0.643. The van der Waals surface area contributed by atoms with Crippen molar-refractivity contribution in [2.45, 2.75) is 13.0 Å². The van der Waals surface area contributed by atoms with E-state index in [0.717, 1.165) is 33.4 Å². The van der Waals surface area contributed by atoms with Crippen LogP contribution in [0.1, 0.15) is 22.8 Å². The van der Waals surface area contributed by atoms with Crippen molar-refractivity contribution >= 4 is 5.69 Å². The summed E-state index contributed by atoms with van der Waals surface area (Å²) in [5.41, 5.74) is 14.2. The highest BCUT2D eigenvalue weighted by atomic mass is 16.3. The molecule has 4 rings (SSSR count). The van der Waals surface area contributed by atoms with Gasteiger partial charge in [-0.2, -0.15) is 0 Å². The number of aliphatic hydroxyl groups excluding tert-OH is 1. The molecule has 0 aromatic heterocycles. The van der Waals surface area contributed by atoms with Crippen LogP contribution in [0.25, 0.3) is 22.3 Å². The molecular formula is C20H17NO. The standard InChI is InChI=1S/C20H17NO/c1-12-5-4-6-13(11-12)14-9-10-16-15-7-2-3-8-17(15)20(22)18(16)19(14)21/h2-11,20,22H,21H2,1H3. The molecule has 0 radical (unpaired) electrons. The second kappa shape index (κ2) is 4.72.